The van der Waals surface area contributed by atoms with E-state index in [1.807, 2.05) is 12.3 Å². The van der Waals surface area contributed by atoms with Crippen molar-refractivity contribution in [2.24, 2.45) is 0 Å². The van der Waals surface area contributed by atoms with Crippen molar-refractivity contribution >= 4 is 5.97 Å². The van der Waals surface area contributed by atoms with E-state index < -0.39 is 0 Å². The van der Waals surface area contributed by atoms with Crippen LogP contribution in [-0.4, -0.2) is 45.8 Å². The van der Waals surface area contributed by atoms with Gasteiger partial charge in [-0.2, -0.15) is 5.10 Å². The number of hydrogen-bond donors (Lipinski definition) is 0. The molecule has 0 aliphatic carbocycles. The van der Waals surface area contributed by atoms with Crippen LogP contribution in [0.25, 0.3) is 11.3 Å². The normalized spacial score (nSPS) is 16.0. The average molecular weight is 453 g/mol. The van der Waals surface area contributed by atoms with Gasteiger partial charge < -0.3 is 4.74 Å². The Morgan fingerprint density at radius 1 is 1.00 bits per heavy atom. The second-order valence-corrected chi connectivity index (χ2v) is 8.69. The van der Waals surface area contributed by atoms with Crippen LogP contribution in [0.5, 0.6) is 0 Å². The highest BCUT2D eigenvalue weighted by molar-refractivity contribution is 5.91. The summed E-state index contributed by atoms with van der Waals surface area (Å²) in [6.07, 6.45) is 6.92. The van der Waals surface area contributed by atoms with E-state index in [1.54, 1.807) is 18.5 Å². The third kappa shape index (κ3) is 4.63. The number of rotatable bonds is 7. The first-order valence-corrected chi connectivity index (χ1v) is 11.6. The molecule has 34 heavy (non-hydrogen) atoms. The molecule has 6 nitrogen and oxygen atoms in total. The van der Waals surface area contributed by atoms with Crippen LogP contribution in [0, 0.1) is 0 Å². The van der Waals surface area contributed by atoms with Crippen LogP contribution in [0.4, 0.5) is 0 Å². The maximum Gasteiger partial charge on any atom is 0.338 e. The van der Waals surface area contributed by atoms with Gasteiger partial charge >= 0.3 is 5.97 Å². The van der Waals surface area contributed by atoms with E-state index in [2.05, 4.69) is 69.2 Å². The molecule has 1 unspecified atom stereocenters. The molecule has 5 rings (SSSR count). The number of esters is 1. The average Bonchev–Trinajstić information content (AvgIpc) is 3.52. The fraction of sp³-hybridized carbons (Fsp3) is 0.250. The smallest absolute Gasteiger partial charge is 0.338 e. The predicted molar refractivity (Wildman–Crippen MR) is 131 cm³/mol. The number of likely N-dealkylation sites (tertiary alicyclic amines) is 1. The minimum Gasteiger partial charge on any atom is -0.465 e. The predicted octanol–water partition coefficient (Wildman–Crippen LogP) is 4.77. The molecule has 0 bridgehead atoms. The van der Waals surface area contributed by atoms with Gasteiger partial charge in [-0.25, -0.2) is 4.79 Å². The SMILES string of the molecule is COC(=O)c1ccncc1Cc1cnn(C2CCN(Cc3ccccc3)C2)c1-c1ccccc1. The standard InChI is InChI=1S/C28H28N4O2/c1-34-28(33)26-12-14-29-17-23(26)16-24-18-30-32(27(24)22-10-6-3-7-11-22)25-13-15-31(20-25)19-21-8-4-2-5-9-21/h2-12,14,17-18,25H,13,15-16,19-20H2,1H3. The highest BCUT2D eigenvalue weighted by Gasteiger charge is 2.28. The first kappa shape index (κ1) is 22.0. The van der Waals surface area contributed by atoms with Crippen molar-refractivity contribution in [2.75, 3.05) is 20.2 Å². The van der Waals surface area contributed by atoms with Crippen molar-refractivity contribution in [2.45, 2.75) is 25.4 Å². The fourth-order valence-electron chi connectivity index (χ4n) is 4.80. The van der Waals surface area contributed by atoms with Gasteiger partial charge in [0.25, 0.3) is 0 Å². The number of methoxy groups -OCH3 is 1. The Hall–Kier alpha value is -3.77. The van der Waals surface area contributed by atoms with E-state index in [0.717, 1.165) is 48.4 Å². The third-order valence-electron chi connectivity index (χ3n) is 6.45. The second kappa shape index (κ2) is 10.0. The quantitative estimate of drug-likeness (QED) is 0.378. The topological polar surface area (TPSA) is 60.2 Å². The Kier molecular flexibility index (Phi) is 6.49. The first-order chi connectivity index (χ1) is 16.7. The lowest BCUT2D eigenvalue weighted by Crippen LogP contribution is -2.22. The van der Waals surface area contributed by atoms with Crippen molar-refractivity contribution < 1.29 is 9.53 Å². The number of benzene rings is 2. The largest absolute Gasteiger partial charge is 0.465 e. The van der Waals surface area contributed by atoms with Crippen LogP contribution in [0.2, 0.25) is 0 Å². The van der Waals surface area contributed by atoms with Gasteiger partial charge in [0.15, 0.2) is 0 Å². The van der Waals surface area contributed by atoms with E-state index in [1.165, 1.54) is 12.7 Å². The summed E-state index contributed by atoms with van der Waals surface area (Å²) in [5.41, 5.74) is 6.01. The molecule has 4 aromatic rings. The molecule has 3 heterocycles. The molecular formula is C28H28N4O2. The molecule has 0 N–H and O–H groups in total. The fourth-order valence-corrected chi connectivity index (χ4v) is 4.80. The molecule has 1 aliphatic rings. The molecule has 6 heteroatoms. The Morgan fingerprint density at radius 3 is 2.53 bits per heavy atom. The molecule has 0 amide bonds. The van der Waals surface area contributed by atoms with Gasteiger partial charge in [0, 0.05) is 49.6 Å². The molecule has 1 fully saturated rings. The molecule has 2 aromatic carbocycles. The molecule has 0 saturated carbocycles. The lowest BCUT2D eigenvalue weighted by molar-refractivity contribution is 0.0599. The van der Waals surface area contributed by atoms with Gasteiger partial charge in [0.2, 0.25) is 0 Å². The summed E-state index contributed by atoms with van der Waals surface area (Å²) in [6, 6.07) is 23.0. The molecule has 1 atom stereocenters. The summed E-state index contributed by atoms with van der Waals surface area (Å²) in [5.74, 6) is -0.349. The number of aromatic nitrogens is 3. The number of ether oxygens (including phenoxy) is 1. The molecule has 0 spiro atoms. The Morgan fingerprint density at radius 2 is 1.76 bits per heavy atom. The van der Waals surface area contributed by atoms with E-state index in [4.69, 9.17) is 9.84 Å². The van der Waals surface area contributed by atoms with Crippen LogP contribution in [0.1, 0.15) is 39.5 Å². The zero-order chi connectivity index (χ0) is 23.3. The number of pyridine rings is 1. The number of nitrogens with zero attached hydrogens (tertiary/aromatic N) is 4. The summed E-state index contributed by atoms with van der Waals surface area (Å²) >= 11 is 0. The first-order valence-electron chi connectivity index (χ1n) is 11.6. The van der Waals surface area contributed by atoms with Crippen LogP contribution in [-0.2, 0) is 17.7 Å². The van der Waals surface area contributed by atoms with Crippen molar-refractivity contribution in [3.8, 4) is 11.3 Å². The van der Waals surface area contributed by atoms with Gasteiger partial charge in [-0.15, -0.1) is 0 Å². The molecule has 1 saturated heterocycles. The number of carbonyl (C=O) groups is 1. The highest BCUT2D eigenvalue weighted by Crippen LogP contribution is 2.32. The summed E-state index contributed by atoms with van der Waals surface area (Å²) in [6.45, 7) is 2.94. The summed E-state index contributed by atoms with van der Waals surface area (Å²) < 4.78 is 7.17. The minimum atomic E-state index is -0.349. The Bertz CT molecular complexity index is 1250. The number of hydrogen-bond acceptors (Lipinski definition) is 5. The Labute approximate surface area is 199 Å². The molecule has 172 valence electrons. The van der Waals surface area contributed by atoms with Crippen LogP contribution in [0.3, 0.4) is 0 Å². The van der Waals surface area contributed by atoms with E-state index in [9.17, 15) is 4.79 Å². The zero-order valence-corrected chi connectivity index (χ0v) is 19.3. The highest BCUT2D eigenvalue weighted by atomic mass is 16.5. The summed E-state index contributed by atoms with van der Waals surface area (Å²) in [4.78, 5) is 19.0. The van der Waals surface area contributed by atoms with Crippen LogP contribution in [0.15, 0.2) is 85.3 Å². The van der Waals surface area contributed by atoms with Crippen LogP contribution >= 0.6 is 0 Å². The summed E-state index contributed by atoms with van der Waals surface area (Å²) in [5, 5.41) is 4.86. The van der Waals surface area contributed by atoms with E-state index in [-0.39, 0.29) is 5.97 Å². The van der Waals surface area contributed by atoms with Crippen molar-refractivity contribution in [1.82, 2.24) is 19.7 Å². The van der Waals surface area contributed by atoms with Crippen molar-refractivity contribution in [3.63, 3.8) is 0 Å². The number of carbonyl (C=O) groups excluding carboxylic acids is 1. The van der Waals surface area contributed by atoms with Gasteiger partial charge in [-0.05, 0) is 23.6 Å². The van der Waals surface area contributed by atoms with Crippen LogP contribution < -0.4 is 0 Å². The van der Waals surface area contributed by atoms with Gasteiger partial charge in [0.05, 0.1) is 30.6 Å². The molecule has 2 aromatic heterocycles. The van der Waals surface area contributed by atoms with Gasteiger partial charge in [-0.1, -0.05) is 60.7 Å². The second-order valence-electron chi connectivity index (χ2n) is 8.69. The van der Waals surface area contributed by atoms with Crippen molar-refractivity contribution in [3.05, 3.63) is 108 Å². The lowest BCUT2D eigenvalue weighted by Gasteiger charge is -2.18. The molecular weight excluding hydrogens is 424 g/mol. The van der Waals surface area contributed by atoms with Gasteiger partial charge in [-0.3, -0.25) is 14.6 Å². The summed E-state index contributed by atoms with van der Waals surface area (Å²) in [7, 11) is 1.40. The molecule has 0 radical (unpaired) electrons. The maximum atomic E-state index is 12.3. The van der Waals surface area contributed by atoms with Gasteiger partial charge in [0.1, 0.15) is 0 Å². The van der Waals surface area contributed by atoms with E-state index >= 15 is 0 Å². The zero-order valence-electron chi connectivity index (χ0n) is 19.3. The maximum absolute atomic E-state index is 12.3. The third-order valence-corrected chi connectivity index (χ3v) is 6.45. The van der Waals surface area contributed by atoms with E-state index in [0.29, 0.717) is 18.0 Å². The Balaban J connectivity index is 1.45. The van der Waals surface area contributed by atoms with Crippen molar-refractivity contribution in [1.29, 1.82) is 0 Å². The monoisotopic (exact) mass is 452 g/mol. The minimum absolute atomic E-state index is 0.293. The molecule has 1 aliphatic heterocycles. The lowest BCUT2D eigenvalue weighted by atomic mass is 9.99.